The zero-order valence-corrected chi connectivity index (χ0v) is 18.9. The van der Waals surface area contributed by atoms with Crippen LogP contribution < -0.4 is 10.1 Å². The first kappa shape index (κ1) is 24.7. The maximum atomic E-state index is 12.8. The second kappa shape index (κ2) is 11.6. The van der Waals surface area contributed by atoms with E-state index in [1.54, 1.807) is 25.3 Å². The van der Waals surface area contributed by atoms with E-state index in [1.807, 2.05) is 27.7 Å². The Morgan fingerprint density at radius 3 is 2.39 bits per heavy atom. The second-order valence-electron chi connectivity index (χ2n) is 7.84. The number of anilines is 1. The van der Waals surface area contributed by atoms with Crippen molar-refractivity contribution >= 4 is 23.2 Å². The molecule has 0 bridgehead atoms. The molecule has 0 spiro atoms. The van der Waals surface area contributed by atoms with Gasteiger partial charge >= 0.3 is 0 Å². The van der Waals surface area contributed by atoms with E-state index in [0.29, 0.717) is 36.1 Å². The van der Waals surface area contributed by atoms with E-state index in [0.717, 1.165) is 25.7 Å². The fourth-order valence-electron chi connectivity index (χ4n) is 2.56. The highest BCUT2D eigenvalue weighted by Gasteiger charge is 2.33. The number of unbranched alkanes of at least 4 members (excludes halogenated alkanes) is 1. The number of halogens is 1. The number of hydrogen-bond acceptors (Lipinski definition) is 4. The molecule has 0 aromatic heterocycles. The van der Waals surface area contributed by atoms with Crippen LogP contribution in [-0.2, 0) is 14.3 Å². The highest BCUT2D eigenvalue weighted by Crippen LogP contribution is 2.29. The molecular formula is C22H36ClNO4. The highest BCUT2D eigenvalue weighted by molar-refractivity contribution is 6.32. The number of amides is 1. The van der Waals surface area contributed by atoms with Gasteiger partial charge in [-0.3, -0.25) is 4.79 Å². The van der Waals surface area contributed by atoms with E-state index >= 15 is 0 Å². The van der Waals surface area contributed by atoms with Crippen LogP contribution >= 0.6 is 11.6 Å². The molecule has 0 fully saturated rings. The molecule has 6 heteroatoms. The molecule has 0 aliphatic carbocycles. The summed E-state index contributed by atoms with van der Waals surface area (Å²) in [5.41, 5.74) is -0.469. The molecular weight excluding hydrogens is 378 g/mol. The number of benzene rings is 1. The Balaban J connectivity index is 2.75. The van der Waals surface area contributed by atoms with Crippen molar-refractivity contribution in [2.24, 2.45) is 0 Å². The first-order valence-electron chi connectivity index (χ1n) is 10.1. The van der Waals surface area contributed by atoms with Gasteiger partial charge in [0.1, 0.15) is 11.4 Å². The van der Waals surface area contributed by atoms with E-state index in [9.17, 15) is 4.79 Å². The standard InChI is InChI=1S/C22H36ClNO4/c1-7-9-12-22(5,28-14-8-2)20(25)24-17-10-11-19(18(23)16-17)27-15-13-21(3,4)26-6/h10-11,16H,7-9,12-15H2,1-6H3,(H,24,25). The van der Waals surface area contributed by atoms with Crippen LogP contribution in [0.1, 0.15) is 66.7 Å². The monoisotopic (exact) mass is 413 g/mol. The quantitative estimate of drug-likeness (QED) is 0.440. The maximum absolute atomic E-state index is 12.8. The van der Waals surface area contributed by atoms with E-state index < -0.39 is 5.60 Å². The van der Waals surface area contributed by atoms with Crippen LogP contribution in [0.3, 0.4) is 0 Å². The van der Waals surface area contributed by atoms with Gasteiger partial charge in [-0.1, -0.05) is 38.3 Å². The third-order valence-electron chi connectivity index (χ3n) is 4.82. The fraction of sp³-hybridized carbons (Fsp3) is 0.682. The number of nitrogens with one attached hydrogen (secondary N) is 1. The van der Waals surface area contributed by atoms with Gasteiger partial charge in [0.2, 0.25) is 0 Å². The van der Waals surface area contributed by atoms with Crippen molar-refractivity contribution in [3.05, 3.63) is 23.2 Å². The summed E-state index contributed by atoms with van der Waals surface area (Å²) in [6, 6.07) is 5.27. The van der Waals surface area contributed by atoms with Crippen molar-refractivity contribution in [1.82, 2.24) is 0 Å². The molecule has 0 saturated carbocycles. The van der Waals surface area contributed by atoms with Gasteiger partial charge in [0.25, 0.3) is 5.91 Å². The van der Waals surface area contributed by atoms with Crippen LogP contribution in [-0.4, -0.2) is 37.4 Å². The number of carbonyl (C=O) groups is 1. The predicted molar refractivity (Wildman–Crippen MR) is 115 cm³/mol. The molecule has 1 amide bonds. The van der Waals surface area contributed by atoms with Crippen molar-refractivity contribution in [1.29, 1.82) is 0 Å². The lowest BCUT2D eigenvalue weighted by Crippen LogP contribution is -2.43. The lowest BCUT2D eigenvalue weighted by Gasteiger charge is -2.28. The molecule has 28 heavy (non-hydrogen) atoms. The largest absolute Gasteiger partial charge is 0.492 e. The molecule has 0 heterocycles. The summed E-state index contributed by atoms with van der Waals surface area (Å²) >= 11 is 6.34. The number of hydrogen-bond donors (Lipinski definition) is 1. The molecule has 1 unspecified atom stereocenters. The van der Waals surface area contributed by atoms with Gasteiger partial charge in [-0.15, -0.1) is 0 Å². The maximum Gasteiger partial charge on any atom is 0.256 e. The van der Waals surface area contributed by atoms with Crippen molar-refractivity contribution in [3.8, 4) is 5.75 Å². The lowest BCUT2D eigenvalue weighted by atomic mass is 9.97. The van der Waals surface area contributed by atoms with Crippen LogP contribution in [0.4, 0.5) is 5.69 Å². The average molecular weight is 414 g/mol. The Kier molecular flexibility index (Phi) is 10.3. The van der Waals surface area contributed by atoms with Gasteiger partial charge in [-0.2, -0.15) is 0 Å². The van der Waals surface area contributed by atoms with Gasteiger partial charge < -0.3 is 19.5 Å². The SMILES string of the molecule is CCCCC(C)(OCCC)C(=O)Nc1ccc(OCCC(C)(C)OC)c(Cl)c1. The van der Waals surface area contributed by atoms with Crippen LogP contribution in [0, 0.1) is 0 Å². The first-order chi connectivity index (χ1) is 13.2. The normalized spacial score (nSPS) is 13.8. The van der Waals surface area contributed by atoms with Gasteiger partial charge in [0.15, 0.2) is 0 Å². The van der Waals surface area contributed by atoms with Crippen LogP contribution in [0.5, 0.6) is 5.75 Å². The van der Waals surface area contributed by atoms with E-state index in [1.165, 1.54) is 0 Å². The molecule has 1 aromatic carbocycles. The van der Waals surface area contributed by atoms with Crippen molar-refractivity contribution < 1.29 is 19.0 Å². The van der Waals surface area contributed by atoms with Crippen molar-refractivity contribution in [3.63, 3.8) is 0 Å². The van der Waals surface area contributed by atoms with Crippen LogP contribution in [0.2, 0.25) is 5.02 Å². The zero-order chi connectivity index (χ0) is 21.2. The third-order valence-corrected chi connectivity index (χ3v) is 5.11. The second-order valence-corrected chi connectivity index (χ2v) is 8.25. The fourth-order valence-corrected chi connectivity index (χ4v) is 2.80. The average Bonchev–Trinajstić information content (AvgIpc) is 2.66. The molecule has 160 valence electrons. The summed E-state index contributed by atoms with van der Waals surface area (Å²) in [7, 11) is 1.68. The highest BCUT2D eigenvalue weighted by atomic mass is 35.5. The summed E-state index contributed by atoms with van der Waals surface area (Å²) in [5, 5.41) is 3.39. The van der Waals surface area contributed by atoms with Gasteiger partial charge in [0, 0.05) is 25.8 Å². The summed E-state index contributed by atoms with van der Waals surface area (Å²) in [4.78, 5) is 12.8. The molecule has 5 nitrogen and oxygen atoms in total. The minimum absolute atomic E-state index is 0.152. The van der Waals surface area contributed by atoms with E-state index in [2.05, 4.69) is 12.2 Å². The van der Waals surface area contributed by atoms with E-state index in [-0.39, 0.29) is 11.5 Å². The number of methoxy groups -OCH3 is 1. The molecule has 0 radical (unpaired) electrons. The molecule has 0 aliphatic rings. The minimum atomic E-state index is -0.848. The molecule has 0 saturated heterocycles. The smallest absolute Gasteiger partial charge is 0.256 e. The minimum Gasteiger partial charge on any atom is -0.492 e. The van der Waals surface area contributed by atoms with Crippen molar-refractivity contribution in [2.75, 3.05) is 25.6 Å². The third kappa shape index (κ3) is 7.98. The summed E-state index contributed by atoms with van der Waals surface area (Å²) < 4.78 is 17.0. The van der Waals surface area contributed by atoms with Crippen LogP contribution in [0.25, 0.3) is 0 Å². The van der Waals surface area contributed by atoms with Crippen molar-refractivity contribution in [2.45, 2.75) is 77.9 Å². The number of rotatable bonds is 13. The molecule has 1 rings (SSSR count). The Bertz CT molecular complexity index is 611. The molecule has 0 aliphatic heterocycles. The Morgan fingerprint density at radius 2 is 1.82 bits per heavy atom. The topological polar surface area (TPSA) is 56.8 Å². The summed E-state index contributed by atoms with van der Waals surface area (Å²) in [6.07, 6.45) is 4.23. The number of carbonyl (C=O) groups excluding carboxylic acids is 1. The summed E-state index contributed by atoms with van der Waals surface area (Å²) in [5.74, 6) is 0.434. The lowest BCUT2D eigenvalue weighted by molar-refractivity contribution is -0.140. The zero-order valence-electron chi connectivity index (χ0n) is 18.2. The van der Waals surface area contributed by atoms with E-state index in [4.69, 9.17) is 25.8 Å². The Morgan fingerprint density at radius 1 is 1.11 bits per heavy atom. The number of ether oxygens (including phenoxy) is 3. The summed E-state index contributed by atoms with van der Waals surface area (Å²) in [6.45, 7) is 11.0. The van der Waals surface area contributed by atoms with Crippen LogP contribution in [0.15, 0.2) is 18.2 Å². The molecule has 1 atom stereocenters. The Hall–Kier alpha value is -1.30. The first-order valence-corrected chi connectivity index (χ1v) is 10.5. The van der Waals surface area contributed by atoms with Gasteiger partial charge in [-0.25, -0.2) is 0 Å². The Labute approximate surface area is 175 Å². The van der Waals surface area contributed by atoms with Gasteiger partial charge in [-0.05, 0) is 51.8 Å². The molecule has 1 N–H and O–H groups in total. The van der Waals surface area contributed by atoms with Gasteiger partial charge in [0.05, 0.1) is 17.2 Å². The predicted octanol–water partition coefficient (Wildman–Crippen LogP) is 5.85. The molecule has 1 aromatic rings.